The normalized spacial score (nSPS) is 36.6. The van der Waals surface area contributed by atoms with E-state index in [0.29, 0.717) is 12.2 Å². The summed E-state index contributed by atoms with van der Waals surface area (Å²) in [6, 6.07) is 0. The summed E-state index contributed by atoms with van der Waals surface area (Å²) in [5.41, 5.74) is -0.783. The van der Waals surface area contributed by atoms with Crippen molar-refractivity contribution in [1.82, 2.24) is 0 Å². The van der Waals surface area contributed by atoms with Gasteiger partial charge in [0.2, 0.25) is 0 Å². The molecule has 1 unspecified atom stereocenters. The van der Waals surface area contributed by atoms with Crippen LogP contribution in [0.4, 0.5) is 0 Å². The van der Waals surface area contributed by atoms with Gasteiger partial charge < -0.3 is 30.3 Å². The summed E-state index contributed by atoms with van der Waals surface area (Å²) in [7, 11) is 0. The third-order valence-electron chi connectivity index (χ3n) is 2.67. The summed E-state index contributed by atoms with van der Waals surface area (Å²) in [6.45, 7) is -0.461. The molecule has 0 aromatic rings. The minimum absolute atomic E-state index is 0.0183. The summed E-state index contributed by atoms with van der Waals surface area (Å²) < 4.78 is 5.24. The maximum absolute atomic E-state index is 10.3. The van der Waals surface area contributed by atoms with E-state index in [0.717, 1.165) is 11.8 Å². The van der Waals surface area contributed by atoms with E-state index in [9.17, 15) is 20.1 Å². The summed E-state index contributed by atoms with van der Waals surface area (Å²) >= 11 is 1.15. The summed E-state index contributed by atoms with van der Waals surface area (Å²) in [6.07, 6.45) is -4.49. The first kappa shape index (κ1) is 15.7. The molecule has 8 heteroatoms. The molecule has 106 valence electrons. The second-order valence-electron chi connectivity index (χ2n) is 4.07. The lowest BCUT2D eigenvalue weighted by Crippen LogP contribution is -2.57. The average molecular weight is 282 g/mol. The van der Waals surface area contributed by atoms with Crippen LogP contribution in [0, 0.1) is 0 Å². The predicted octanol–water partition coefficient (Wildman–Crippen LogP) is -1.62. The molecule has 0 spiro atoms. The first-order chi connectivity index (χ1) is 8.47. The predicted molar refractivity (Wildman–Crippen MR) is 63.1 cm³/mol. The van der Waals surface area contributed by atoms with Crippen LogP contribution >= 0.6 is 11.8 Å². The Morgan fingerprint density at radius 1 is 1.17 bits per heavy atom. The zero-order valence-electron chi connectivity index (χ0n) is 9.68. The van der Waals surface area contributed by atoms with Gasteiger partial charge in [-0.25, -0.2) is 0 Å². The van der Waals surface area contributed by atoms with Gasteiger partial charge in [0, 0.05) is 6.42 Å². The number of carboxylic acid groups (broad SMARTS) is 1. The van der Waals surface area contributed by atoms with Gasteiger partial charge >= 0.3 is 5.97 Å². The van der Waals surface area contributed by atoms with E-state index in [2.05, 4.69) is 0 Å². The molecule has 0 amide bonds. The van der Waals surface area contributed by atoms with E-state index in [-0.39, 0.29) is 6.42 Å². The standard InChI is InChI=1S/C10H18O7S/c11-4-5-7(14)8(15)9(16)10(17-5)18-3-1-2-6(12)13/h5,7-11,14-16H,1-4H2,(H,12,13)/t5-,7-,8+,9+,10?/m1/s1. The molecule has 1 rings (SSSR count). The van der Waals surface area contributed by atoms with Crippen molar-refractivity contribution in [2.24, 2.45) is 0 Å². The van der Waals surface area contributed by atoms with Crippen LogP contribution in [0.5, 0.6) is 0 Å². The molecule has 5 N–H and O–H groups in total. The minimum Gasteiger partial charge on any atom is -0.481 e. The molecule has 0 aromatic heterocycles. The lowest BCUT2D eigenvalue weighted by Gasteiger charge is -2.39. The summed E-state index contributed by atoms with van der Waals surface area (Å²) in [5, 5.41) is 46.2. The zero-order valence-corrected chi connectivity index (χ0v) is 10.5. The van der Waals surface area contributed by atoms with Gasteiger partial charge in [-0.1, -0.05) is 0 Å². The smallest absolute Gasteiger partial charge is 0.303 e. The van der Waals surface area contributed by atoms with Crippen molar-refractivity contribution in [1.29, 1.82) is 0 Å². The van der Waals surface area contributed by atoms with Gasteiger partial charge in [-0.3, -0.25) is 4.79 Å². The highest BCUT2D eigenvalue weighted by Gasteiger charge is 2.43. The van der Waals surface area contributed by atoms with E-state index >= 15 is 0 Å². The maximum Gasteiger partial charge on any atom is 0.303 e. The van der Waals surface area contributed by atoms with E-state index in [1.807, 2.05) is 0 Å². The highest BCUT2D eigenvalue weighted by atomic mass is 32.2. The first-order valence-electron chi connectivity index (χ1n) is 5.61. The molecule has 0 aromatic carbocycles. The zero-order chi connectivity index (χ0) is 13.7. The van der Waals surface area contributed by atoms with E-state index < -0.39 is 42.4 Å². The highest BCUT2D eigenvalue weighted by Crippen LogP contribution is 2.28. The van der Waals surface area contributed by atoms with Gasteiger partial charge in [0.15, 0.2) is 0 Å². The van der Waals surface area contributed by atoms with E-state index in [1.165, 1.54) is 0 Å². The number of aliphatic carboxylic acids is 1. The average Bonchev–Trinajstić information content (AvgIpc) is 2.34. The fourth-order valence-corrected chi connectivity index (χ4v) is 2.75. The molecule has 1 aliphatic rings. The summed E-state index contributed by atoms with van der Waals surface area (Å²) in [5.74, 6) is -0.459. The molecule has 7 nitrogen and oxygen atoms in total. The van der Waals surface area contributed by atoms with Crippen molar-refractivity contribution in [2.75, 3.05) is 12.4 Å². The Morgan fingerprint density at radius 3 is 2.39 bits per heavy atom. The van der Waals surface area contributed by atoms with Crippen LogP contribution in [0.2, 0.25) is 0 Å². The highest BCUT2D eigenvalue weighted by molar-refractivity contribution is 7.99. The fraction of sp³-hybridized carbons (Fsp3) is 0.900. The second-order valence-corrected chi connectivity index (χ2v) is 5.27. The number of ether oxygens (including phenoxy) is 1. The Labute approximate surface area is 108 Å². The Hall–Kier alpha value is -0.380. The maximum atomic E-state index is 10.3. The molecule has 1 fully saturated rings. The molecule has 0 radical (unpaired) electrons. The van der Waals surface area contributed by atoms with E-state index in [1.54, 1.807) is 0 Å². The SMILES string of the molecule is O=C(O)CCCSC1O[C@H](CO)[C@@H](O)[C@H](O)[C@@H]1O. The first-order valence-corrected chi connectivity index (χ1v) is 6.66. The van der Waals surface area contributed by atoms with Crippen LogP contribution in [-0.4, -0.2) is 73.7 Å². The Kier molecular flexibility index (Phi) is 6.33. The van der Waals surface area contributed by atoms with Crippen LogP contribution in [0.15, 0.2) is 0 Å². The van der Waals surface area contributed by atoms with E-state index in [4.69, 9.17) is 14.9 Å². The fourth-order valence-electron chi connectivity index (χ4n) is 1.63. The number of carbonyl (C=O) groups is 1. The van der Waals surface area contributed by atoms with Crippen molar-refractivity contribution in [3.05, 3.63) is 0 Å². The third-order valence-corrected chi connectivity index (χ3v) is 3.91. The molecule has 5 atom stereocenters. The topological polar surface area (TPSA) is 127 Å². The molecular formula is C10H18O7S. The van der Waals surface area contributed by atoms with Crippen LogP contribution in [0.25, 0.3) is 0 Å². The third kappa shape index (κ3) is 4.08. The Morgan fingerprint density at radius 2 is 1.83 bits per heavy atom. The number of hydrogen-bond acceptors (Lipinski definition) is 7. The van der Waals surface area contributed by atoms with Crippen molar-refractivity contribution in [2.45, 2.75) is 42.7 Å². The van der Waals surface area contributed by atoms with Crippen LogP contribution < -0.4 is 0 Å². The van der Waals surface area contributed by atoms with Gasteiger partial charge in [0.05, 0.1) is 6.61 Å². The molecule has 0 aliphatic carbocycles. The van der Waals surface area contributed by atoms with Crippen molar-refractivity contribution in [3.8, 4) is 0 Å². The van der Waals surface area contributed by atoms with Crippen LogP contribution in [-0.2, 0) is 9.53 Å². The largest absolute Gasteiger partial charge is 0.481 e. The molecule has 1 aliphatic heterocycles. The van der Waals surface area contributed by atoms with Gasteiger partial charge in [-0.2, -0.15) is 0 Å². The number of carboxylic acids is 1. The van der Waals surface area contributed by atoms with Crippen molar-refractivity contribution >= 4 is 17.7 Å². The molecule has 0 bridgehead atoms. The van der Waals surface area contributed by atoms with Gasteiger partial charge in [0.1, 0.15) is 29.9 Å². The summed E-state index contributed by atoms with van der Waals surface area (Å²) in [4.78, 5) is 10.3. The number of thioether (sulfide) groups is 1. The molecule has 0 saturated carbocycles. The molecular weight excluding hydrogens is 264 g/mol. The monoisotopic (exact) mass is 282 g/mol. The van der Waals surface area contributed by atoms with Gasteiger partial charge in [-0.15, -0.1) is 11.8 Å². The number of aliphatic hydroxyl groups is 4. The minimum atomic E-state index is -1.38. The number of aliphatic hydroxyl groups excluding tert-OH is 4. The van der Waals surface area contributed by atoms with Gasteiger partial charge in [0.25, 0.3) is 0 Å². The number of hydrogen-bond donors (Lipinski definition) is 5. The van der Waals surface area contributed by atoms with Crippen molar-refractivity contribution < 1.29 is 35.1 Å². The molecule has 18 heavy (non-hydrogen) atoms. The lowest BCUT2D eigenvalue weighted by atomic mass is 10.0. The van der Waals surface area contributed by atoms with Crippen molar-refractivity contribution in [3.63, 3.8) is 0 Å². The Balaban J connectivity index is 2.41. The Bertz CT molecular complexity index is 273. The molecule has 1 saturated heterocycles. The number of rotatable bonds is 6. The van der Waals surface area contributed by atoms with Gasteiger partial charge in [-0.05, 0) is 12.2 Å². The lowest BCUT2D eigenvalue weighted by molar-refractivity contribution is -0.205. The van der Waals surface area contributed by atoms with Crippen LogP contribution in [0.3, 0.4) is 0 Å². The molecule has 1 heterocycles. The van der Waals surface area contributed by atoms with Crippen LogP contribution in [0.1, 0.15) is 12.8 Å². The quantitative estimate of drug-likeness (QED) is 0.368. The second kappa shape index (κ2) is 7.27.